The van der Waals surface area contributed by atoms with Gasteiger partial charge in [-0.05, 0) is 66.2 Å². The van der Waals surface area contributed by atoms with Crippen LogP contribution in [-0.4, -0.2) is 58.3 Å². The zero-order chi connectivity index (χ0) is 23.3. The Bertz CT molecular complexity index is 746. The number of aliphatic carboxylic acids is 1. The number of hydrogen-bond donors (Lipinski definition) is 2. The van der Waals surface area contributed by atoms with Crippen LogP contribution in [0.1, 0.15) is 54.0 Å². The first kappa shape index (κ1) is 25.3. The molecule has 0 fully saturated rings. The summed E-state index contributed by atoms with van der Waals surface area (Å²) in [5, 5.41) is 11.5. The van der Waals surface area contributed by atoms with E-state index in [1.807, 2.05) is 32.9 Å². The van der Waals surface area contributed by atoms with Crippen LogP contribution in [0.5, 0.6) is 5.75 Å². The molecule has 8 heteroatoms. The number of carbonyl (C=O) groups excluding carboxylic acids is 2. The number of nitrogens with one attached hydrogen (secondary N) is 1. The molecule has 0 aromatic heterocycles. The Balaban J connectivity index is 3.06. The predicted octanol–water partition coefficient (Wildman–Crippen LogP) is 3.23. The Morgan fingerprint density at radius 3 is 2.00 bits per heavy atom. The van der Waals surface area contributed by atoms with E-state index in [4.69, 9.17) is 14.6 Å². The van der Waals surface area contributed by atoms with Crippen molar-refractivity contribution in [2.45, 2.75) is 78.2 Å². The maximum absolute atomic E-state index is 12.8. The van der Waals surface area contributed by atoms with E-state index >= 15 is 0 Å². The number of carbonyl (C=O) groups is 3. The molecule has 1 aromatic rings. The van der Waals surface area contributed by atoms with E-state index in [9.17, 15) is 14.4 Å². The predicted molar refractivity (Wildman–Crippen MR) is 114 cm³/mol. The van der Waals surface area contributed by atoms with Crippen molar-refractivity contribution in [2.75, 3.05) is 7.05 Å². The van der Waals surface area contributed by atoms with Gasteiger partial charge in [0.25, 0.3) is 0 Å². The summed E-state index contributed by atoms with van der Waals surface area (Å²) in [6.45, 7) is 12.4. The number of nitrogens with zero attached hydrogens (tertiary/aromatic N) is 1. The molecule has 0 radical (unpaired) electrons. The Hall–Kier alpha value is -2.77. The van der Waals surface area contributed by atoms with Crippen LogP contribution in [0.3, 0.4) is 0 Å². The first-order valence-corrected chi connectivity index (χ1v) is 9.86. The minimum atomic E-state index is -1.16. The second-order valence-corrected chi connectivity index (χ2v) is 9.24. The third-order valence-electron chi connectivity index (χ3n) is 3.96. The number of ether oxygens (including phenoxy) is 2. The smallest absolute Gasteiger partial charge is 0.410 e. The summed E-state index contributed by atoms with van der Waals surface area (Å²) in [6, 6.07) is 5.17. The number of likely N-dealkylation sites (N-methyl/N-ethyl adjacent to an activating group) is 1. The second-order valence-electron chi connectivity index (χ2n) is 9.24. The Morgan fingerprint density at radius 1 is 1.03 bits per heavy atom. The third-order valence-corrected chi connectivity index (χ3v) is 3.96. The minimum absolute atomic E-state index is 0.184. The zero-order valence-corrected chi connectivity index (χ0v) is 19.1. The van der Waals surface area contributed by atoms with E-state index in [1.165, 1.54) is 18.9 Å². The third kappa shape index (κ3) is 8.71. The van der Waals surface area contributed by atoms with Gasteiger partial charge in [0.05, 0.1) is 0 Å². The summed E-state index contributed by atoms with van der Waals surface area (Å²) in [4.78, 5) is 37.6. The fourth-order valence-corrected chi connectivity index (χ4v) is 2.51. The van der Waals surface area contributed by atoms with Gasteiger partial charge in [0, 0.05) is 13.5 Å². The van der Waals surface area contributed by atoms with E-state index in [0.717, 1.165) is 5.56 Å². The number of carboxylic acid groups (broad SMARTS) is 1. The molecule has 0 heterocycles. The number of hydrogen-bond acceptors (Lipinski definition) is 5. The lowest BCUT2D eigenvalue weighted by atomic mass is 10.0. The van der Waals surface area contributed by atoms with Gasteiger partial charge in [-0.1, -0.05) is 12.1 Å². The Morgan fingerprint density at radius 2 is 1.57 bits per heavy atom. The van der Waals surface area contributed by atoms with Gasteiger partial charge in [-0.15, -0.1) is 0 Å². The Kier molecular flexibility index (Phi) is 8.27. The highest BCUT2D eigenvalue weighted by molar-refractivity contribution is 5.89. The van der Waals surface area contributed by atoms with Gasteiger partial charge in [0.15, 0.2) is 0 Å². The lowest BCUT2D eigenvalue weighted by Crippen LogP contribution is -2.53. The summed E-state index contributed by atoms with van der Waals surface area (Å²) in [7, 11) is 1.46. The largest absolute Gasteiger partial charge is 0.488 e. The molecule has 0 aliphatic rings. The van der Waals surface area contributed by atoms with Crippen LogP contribution < -0.4 is 10.1 Å². The normalized spacial score (nSPS) is 13.7. The van der Waals surface area contributed by atoms with Crippen molar-refractivity contribution < 1.29 is 29.0 Å². The van der Waals surface area contributed by atoms with Crippen molar-refractivity contribution in [2.24, 2.45) is 0 Å². The zero-order valence-electron chi connectivity index (χ0n) is 19.1. The molecule has 168 valence electrons. The number of carboxylic acids is 1. The number of amides is 2. The lowest BCUT2D eigenvalue weighted by Gasteiger charge is -2.30. The first-order chi connectivity index (χ1) is 13.6. The van der Waals surface area contributed by atoms with Crippen LogP contribution in [0.2, 0.25) is 0 Å². The van der Waals surface area contributed by atoms with Crippen LogP contribution in [0.4, 0.5) is 4.79 Å². The van der Waals surface area contributed by atoms with Crippen LogP contribution in [0, 0.1) is 0 Å². The van der Waals surface area contributed by atoms with Gasteiger partial charge >= 0.3 is 12.1 Å². The van der Waals surface area contributed by atoms with Gasteiger partial charge in [-0.25, -0.2) is 4.79 Å². The summed E-state index contributed by atoms with van der Waals surface area (Å²) in [5.41, 5.74) is -0.282. The summed E-state index contributed by atoms with van der Waals surface area (Å²) in [6.07, 6.45) is -0.484. The molecule has 1 rings (SSSR count). The van der Waals surface area contributed by atoms with E-state index in [2.05, 4.69) is 5.32 Å². The molecule has 0 saturated carbocycles. The molecule has 30 heavy (non-hydrogen) atoms. The van der Waals surface area contributed by atoms with E-state index in [1.54, 1.807) is 32.9 Å². The van der Waals surface area contributed by atoms with Crippen molar-refractivity contribution in [3.63, 3.8) is 0 Å². The molecular formula is C22H34N2O6. The topological polar surface area (TPSA) is 105 Å². The van der Waals surface area contributed by atoms with Gasteiger partial charge in [0.2, 0.25) is 5.91 Å². The van der Waals surface area contributed by atoms with E-state index in [-0.39, 0.29) is 12.0 Å². The second kappa shape index (κ2) is 9.82. The fourth-order valence-electron chi connectivity index (χ4n) is 2.51. The lowest BCUT2D eigenvalue weighted by molar-refractivity contribution is -0.142. The van der Waals surface area contributed by atoms with Crippen LogP contribution >= 0.6 is 0 Å². The van der Waals surface area contributed by atoms with Crippen LogP contribution in [-0.2, 0) is 20.7 Å². The van der Waals surface area contributed by atoms with Crippen molar-refractivity contribution in [1.82, 2.24) is 10.2 Å². The van der Waals surface area contributed by atoms with E-state index < -0.39 is 35.7 Å². The van der Waals surface area contributed by atoms with Gasteiger partial charge in [0.1, 0.15) is 29.0 Å². The van der Waals surface area contributed by atoms with Gasteiger partial charge < -0.3 is 19.9 Å². The van der Waals surface area contributed by atoms with Crippen LogP contribution in [0.25, 0.3) is 0 Å². The standard InChI is InChI=1S/C22H34N2O6/c1-14(19(26)27)23-18(25)17(24(8)20(28)30-22(5,6)7)13-15-9-11-16(12-10-15)29-21(2,3)4/h9-12,14,17H,13H2,1-8H3,(H,23,25)(H,26,27)/t14-,17+/m1/s1. The summed E-state index contributed by atoms with van der Waals surface area (Å²) >= 11 is 0. The molecule has 2 amide bonds. The van der Waals surface area contributed by atoms with Crippen molar-refractivity contribution >= 4 is 18.0 Å². The average Bonchev–Trinajstić information content (AvgIpc) is 2.57. The molecule has 0 aliphatic carbocycles. The van der Waals surface area contributed by atoms with Gasteiger partial charge in [-0.2, -0.15) is 0 Å². The minimum Gasteiger partial charge on any atom is -0.488 e. The molecule has 2 atom stereocenters. The molecule has 0 saturated heterocycles. The first-order valence-electron chi connectivity index (χ1n) is 9.86. The van der Waals surface area contributed by atoms with Crippen molar-refractivity contribution in [1.29, 1.82) is 0 Å². The molecule has 0 unspecified atom stereocenters. The highest BCUT2D eigenvalue weighted by atomic mass is 16.6. The fraction of sp³-hybridized carbons (Fsp3) is 0.591. The SMILES string of the molecule is C[C@@H](NC(=O)[C@H](Cc1ccc(OC(C)(C)C)cc1)N(C)C(=O)OC(C)(C)C)C(=O)O. The number of benzene rings is 1. The highest BCUT2D eigenvalue weighted by Crippen LogP contribution is 2.20. The quantitative estimate of drug-likeness (QED) is 0.699. The maximum atomic E-state index is 12.8. The van der Waals surface area contributed by atoms with Crippen molar-refractivity contribution in [3.8, 4) is 5.75 Å². The highest BCUT2D eigenvalue weighted by Gasteiger charge is 2.32. The molecule has 2 N–H and O–H groups in total. The maximum Gasteiger partial charge on any atom is 0.410 e. The molecule has 0 aliphatic heterocycles. The molecule has 1 aromatic carbocycles. The van der Waals surface area contributed by atoms with Gasteiger partial charge in [-0.3, -0.25) is 14.5 Å². The average molecular weight is 423 g/mol. The van der Waals surface area contributed by atoms with E-state index in [0.29, 0.717) is 5.75 Å². The molecular weight excluding hydrogens is 388 g/mol. The monoisotopic (exact) mass is 422 g/mol. The van der Waals surface area contributed by atoms with Crippen molar-refractivity contribution in [3.05, 3.63) is 29.8 Å². The molecule has 0 bridgehead atoms. The van der Waals surface area contributed by atoms with Crippen LogP contribution in [0.15, 0.2) is 24.3 Å². The summed E-state index contributed by atoms with van der Waals surface area (Å²) in [5.74, 6) is -1.05. The Labute approximate surface area is 178 Å². The molecule has 8 nitrogen and oxygen atoms in total. The summed E-state index contributed by atoms with van der Waals surface area (Å²) < 4.78 is 11.2. The molecule has 0 spiro atoms. The number of rotatable bonds is 7.